The Morgan fingerprint density at radius 2 is 1.89 bits per heavy atom. The van der Waals surface area contributed by atoms with Crippen LogP contribution in [-0.4, -0.2) is 28.1 Å². The average Bonchev–Trinajstić information content (AvgIpc) is 2.67. The van der Waals surface area contributed by atoms with Gasteiger partial charge in [0.1, 0.15) is 5.75 Å². The molecule has 28 heavy (non-hydrogen) atoms. The maximum absolute atomic E-state index is 12.5. The molecule has 4 rings (SSSR count). The Morgan fingerprint density at radius 3 is 2.57 bits per heavy atom. The third kappa shape index (κ3) is 3.45. The number of hydrogen-bond acceptors (Lipinski definition) is 4. The van der Waals surface area contributed by atoms with Gasteiger partial charge in [0.15, 0.2) is 0 Å². The number of ether oxygens (including phenoxy) is 1. The number of fused-ring (bicyclic) bond motifs is 3. The fraction of sp³-hybridized carbons (Fsp3) is 0.200. The third-order valence-corrected chi connectivity index (χ3v) is 6.33. The lowest BCUT2D eigenvalue weighted by Gasteiger charge is -2.38. The van der Waals surface area contributed by atoms with E-state index in [0.29, 0.717) is 0 Å². The van der Waals surface area contributed by atoms with Gasteiger partial charge in [0.05, 0.1) is 17.2 Å². The summed E-state index contributed by atoms with van der Waals surface area (Å²) < 4.78 is 47.1. The first-order chi connectivity index (χ1) is 13.4. The number of nitrogens with zero attached hydrogens (tertiary/aromatic N) is 2. The quantitative estimate of drug-likeness (QED) is 0.571. The van der Waals surface area contributed by atoms with Crippen molar-refractivity contribution in [2.24, 2.45) is 0 Å². The number of halogens is 3. The number of nitrogens with one attached hydrogen (secondary N) is 1. The van der Waals surface area contributed by atoms with Crippen LogP contribution in [0.1, 0.15) is 24.1 Å². The van der Waals surface area contributed by atoms with Crippen LogP contribution in [-0.2, 0) is 0 Å². The average molecular weight is 405 g/mol. The minimum absolute atomic E-state index is 0.123. The van der Waals surface area contributed by atoms with Crippen LogP contribution in [0.2, 0.25) is 0 Å². The molecule has 4 nitrogen and oxygen atoms in total. The van der Waals surface area contributed by atoms with E-state index in [1.807, 2.05) is 38.2 Å². The van der Waals surface area contributed by atoms with Crippen LogP contribution in [0.25, 0.3) is 10.9 Å². The number of hydrogen-bond donors (Lipinski definition) is 1. The smallest absolute Gasteiger partial charge is 0.406 e. The van der Waals surface area contributed by atoms with Gasteiger partial charge in [0.25, 0.3) is 0 Å². The van der Waals surface area contributed by atoms with Crippen molar-refractivity contribution in [3.63, 3.8) is 0 Å². The van der Waals surface area contributed by atoms with Crippen LogP contribution in [0, 0.1) is 0 Å². The van der Waals surface area contributed by atoms with Gasteiger partial charge in [-0.1, -0.05) is 30.3 Å². The zero-order valence-electron chi connectivity index (χ0n) is 15.2. The Labute approximate surface area is 163 Å². The van der Waals surface area contributed by atoms with E-state index < -0.39 is 6.36 Å². The lowest BCUT2D eigenvalue weighted by molar-refractivity contribution is -0.274. The largest absolute Gasteiger partial charge is 0.573 e. The predicted octanol–water partition coefficient (Wildman–Crippen LogP) is 5.50. The highest BCUT2D eigenvalue weighted by molar-refractivity contribution is 8.14. The molecule has 0 aliphatic carbocycles. The van der Waals surface area contributed by atoms with Gasteiger partial charge < -0.3 is 9.46 Å². The highest BCUT2D eigenvalue weighted by Crippen LogP contribution is 2.46. The molecular formula is C20H18F3N3OS. The summed E-state index contributed by atoms with van der Waals surface area (Å²) >= 11 is 0. The third-order valence-electron chi connectivity index (χ3n) is 4.63. The van der Waals surface area contributed by atoms with Gasteiger partial charge >= 0.3 is 6.36 Å². The molecule has 0 amide bonds. The molecule has 0 fully saturated rings. The van der Waals surface area contributed by atoms with Gasteiger partial charge in [-0.15, -0.1) is 13.2 Å². The monoisotopic (exact) mass is 405 g/mol. The predicted molar refractivity (Wildman–Crippen MR) is 107 cm³/mol. The van der Waals surface area contributed by atoms with Crippen molar-refractivity contribution < 1.29 is 17.9 Å². The molecule has 1 aliphatic rings. The van der Waals surface area contributed by atoms with Crippen LogP contribution in [0.3, 0.4) is 0 Å². The first kappa shape index (κ1) is 18.8. The van der Waals surface area contributed by atoms with Crippen molar-refractivity contribution in [2.75, 3.05) is 11.8 Å². The van der Waals surface area contributed by atoms with Crippen LogP contribution in [0.4, 0.5) is 18.9 Å². The van der Waals surface area contributed by atoms with Crippen molar-refractivity contribution >= 4 is 32.8 Å². The topological polar surface area (TPSA) is 37.4 Å². The summed E-state index contributed by atoms with van der Waals surface area (Å²) in [5.41, 5.74) is 3.76. The second-order valence-electron chi connectivity index (χ2n) is 6.32. The Kier molecular flexibility index (Phi) is 4.76. The molecule has 0 radical (unpaired) electrons. The maximum Gasteiger partial charge on any atom is 0.573 e. The molecule has 8 heteroatoms. The SMILES string of the molecule is C/C=S1\Nc2c(ccc3cccnc23)C(c2ccc(OC(F)(F)F)cc2)N1C. The van der Waals surface area contributed by atoms with E-state index >= 15 is 0 Å². The van der Waals surface area contributed by atoms with E-state index in [4.69, 9.17) is 0 Å². The Bertz CT molecular complexity index is 1050. The Hall–Kier alpha value is -2.58. The van der Waals surface area contributed by atoms with Crippen LogP contribution >= 0.6 is 10.9 Å². The van der Waals surface area contributed by atoms with E-state index in [0.717, 1.165) is 27.7 Å². The molecule has 2 heterocycles. The summed E-state index contributed by atoms with van der Waals surface area (Å²) in [5.74, 6) is -0.228. The van der Waals surface area contributed by atoms with Crippen molar-refractivity contribution in [3.8, 4) is 5.75 Å². The van der Waals surface area contributed by atoms with Crippen molar-refractivity contribution in [3.05, 3.63) is 65.9 Å². The molecule has 3 aromatic rings. The summed E-state index contributed by atoms with van der Waals surface area (Å²) in [4.78, 5) is 4.54. The van der Waals surface area contributed by atoms with Gasteiger partial charge in [-0.3, -0.25) is 4.98 Å². The minimum atomic E-state index is -4.70. The molecule has 2 unspecified atom stereocenters. The first-order valence-corrected chi connectivity index (χ1v) is 9.87. The van der Waals surface area contributed by atoms with Crippen LogP contribution in [0.15, 0.2) is 54.7 Å². The van der Waals surface area contributed by atoms with E-state index in [2.05, 4.69) is 24.1 Å². The van der Waals surface area contributed by atoms with Crippen LogP contribution in [0.5, 0.6) is 5.75 Å². The fourth-order valence-corrected chi connectivity index (χ4v) is 4.93. The number of pyridine rings is 1. The lowest BCUT2D eigenvalue weighted by atomic mass is 9.95. The fourth-order valence-electron chi connectivity index (χ4n) is 3.45. The van der Waals surface area contributed by atoms with Gasteiger partial charge in [0.2, 0.25) is 0 Å². The molecule has 1 aliphatic heterocycles. The molecule has 0 saturated heterocycles. The zero-order chi connectivity index (χ0) is 19.9. The molecular weight excluding hydrogens is 387 g/mol. The molecule has 2 aromatic carbocycles. The molecule has 1 aromatic heterocycles. The summed E-state index contributed by atoms with van der Waals surface area (Å²) in [6.45, 7) is 1.98. The van der Waals surface area contributed by atoms with Gasteiger partial charge in [-0.25, -0.2) is 4.31 Å². The number of rotatable bonds is 2. The van der Waals surface area contributed by atoms with Crippen LogP contribution < -0.4 is 9.46 Å². The number of alkyl halides is 3. The first-order valence-electron chi connectivity index (χ1n) is 8.63. The number of anilines is 1. The van der Waals surface area contributed by atoms with E-state index in [-0.39, 0.29) is 22.6 Å². The minimum Gasteiger partial charge on any atom is -0.406 e. The maximum atomic E-state index is 12.5. The highest BCUT2D eigenvalue weighted by Gasteiger charge is 2.32. The summed E-state index contributed by atoms with van der Waals surface area (Å²) in [5, 5.41) is 3.10. The molecule has 0 bridgehead atoms. The summed E-state index contributed by atoms with van der Waals surface area (Å²) in [6, 6.07) is 13.9. The van der Waals surface area contributed by atoms with E-state index in [9.17, 15) is 13.2 Å². The number of aromatic nitrogens is 1. The molecule has 146 valence electrons. The molecule has 1 N–H and O–H groups in total. The Balaban J connectivity index is 1.81. The van der Waals surface area contributed by atoms with E-state index in [1.165, 1.54) is 12.1 Å². The standard InChI is InChI=1S/C20H18F3N3OS/c1-3-28-25-18-16(11-8-13-5-4-12-24-17(13)18)19(26(28)2)14-6-9-15(10-7-14)27-20(21,22)23/h3-12,19,25H,1-2H3. The normalized spacial score (nSPS) is 20.0. The van der Waals surface area contributed by atoms with Crippen molar-refractivity contribution in [1.29, 1.82) is 0 Å². The van der Waals surface area contributed by atoms with Crippen molar-refractivity contribution in [1.82, 2.24) is 9.29 Å². The van der Waals surface area contributed by atoms with Crippen molar-refractivity contribution in [2.45, 2.75) is 19.3 Å². The lowest BCUT2D eigenvalue weighted by Crippen LogP contribution is -2.28. The van der Waals surface area contributed by atoms with Gasteiger partial charge in [0, 0.05) is 17.1 Å². The number of benzene rings is 2. The summed E-state index contributed by atoms with van der Waals surface area (Å²) in [6.07, 6.45) is -2.94. The molecule has 0 saturated carbocycles. The van der Waals surface area contributed by atoms with E-state index in [1.54, 1.807) is 18.3 Å². The Morgan fingerprint density at radius 1 is 1.14 bits per heavy atom. The van der Waals surface area contributed by atoms with Gasteiger partial charge in [-0.05, 0) is 54.0 Å². The summed E-state index contributed by atoms with van der Waals surface area (Å²) in [7, 11) is 1.63. The highest BCUT2D eigenvalue weighted by atomic mass is 32.2. The van der Waals surface area contributed by atoms with Gasteiger partial charge in [-0.2, -0.15) is 0 Å². The molecule has 2 atom stereocenters. The second kappa shape index (κ2) is 7.10. The molecule has 0 spiro atoms. The second-order valence-corrected chi connectivity index (χ2v) is 8.20. The zero-order valence-corrected chi connectivity index (χ0v) is 16.0.